The van der Waals surface area contributed by atoms with Gasteiger partial charge in [0.05, 0.1) is 11.8 Å². The number of pyridine rings is 1. The molecular formula is C33H49N7. The summed E-state index contributed by atoms with van der Waals surface area (Å²) in [6.07, 6.45) is 27.4. The van der Waals surface area contributed by atoms with Crippen LogP contribution < -0.4 is 5.32 Å². The normalized spacial score (nSPS) is 15.8. The van der Waals surface area contributed by atoms with E-state index in [0.29, 0.717) is 17.4 Å². The molecule has 0 radical (unpaired) electrons. The van der Waals surface area contributed by atoms with Gasteiger partial charge >= 0.3 is 0 Å². The number of rotatable bonds is 18. The molecule has 1 fully saturated rings. The molecule has 1 N–H and O–H groups in total. The second kappa shape index (κ2) is 17.0. The summed E-state index contributed by atoms with van der Waals surface area (Å²) >= 11 is 0. The Hall–Kier alpha value is -2.98. The molecule has 0 aliphatic carbocycles. The van der Waals surface area contributed by atoms with Crippen molar-refractivity contribution < 1.29 is 0 Å². The first-order valence-electron chi connectivity index (χ1n) is 16.0. The molecule has 4 rings (SSSR count). The van der Waals surface area contributed by atoms with E-state index in [1.807, 2.05) is 16.5 Å². The van der Waals surface area contributed by atoms with Gasteiger partial charge in [0.15, 0.2) is 5.82 Å². The number of unbranched alkanes of at least 4 members (excludes halogenated alkanes) is 13. The van der Waals surface area contributed by atoms with Gasteiger partial charge in [-0.05, 0) is 50.6 Å². The van der Waals surface area contributed by atoms with Crippen molar-refractivity contribution in [3.63, 3.8) is 0 Å². The van der Waals surface area contributed by atoms with E-state index >= 15 is 0 Å². The monoisotopic (exact) mass is 543 g/mol. The van der Waals surface area contributed by atoms with E-state index in [2.05, 4.69) is 33.2 Å². The third-order valence-electron chi connectivity index (χ3n) is 8.20. The van der Waals surface area contributed by atoms with Crippen molar-refractivity contribution in [1.82, 2.24) is 24.3 Å². The highest BCUT2D eigenvalue weighted by Gasteiger charge is 2.20. The molecule has 1 saturated heterocycles. The van der Waals surface area contributed by atoms with Crippen LogP contribution >= 0.6 is 0 Å². The summed E-state index contributed by atoms with van der Waals surface area (Å²) in [6.45, 7) is 5.76. The third kappa shape index (κ3) is 9.59. The maximum Gasteiger partial charge on any atom is 0.180 e. The third-order valence-corrected chi connectivity index (χ3v) is 8.20. The van der Waals surface area contributed by atoms with Crippen LogP contribution in [0.2, 0.25) is 0 Å². The lowest BCUT2D eigenvalue weighted by Gasteiger charge is -2.33. The highest BCUT2D eigenvalue weighted by atomic mass is 15.2. The first-order valence-corrected chi connectivity index (χ1v) is 16.0. The van der Waals surface area contributed by atoms with Gasteiger partial charge in [-0.15, -0.1) is 0 Å². The van der Waals surface area contributed by atoms with Gasteiger partial charge in [-0.2, -0.15) is 5.26 Å². The number of nitrogens with zero attached hydrogens (tertiary/aromatic N) is 6. The average molecular weight is 544 g/mol. The van der Waals surface area contributed by atoms with E-state index in [4.69, 9.17) is 4.98 Å². The van der Waals surface area contributed by atoms with Gasteiger partial charge in [-0.25, -0.2) is 15.0 Å². The molecule has 7 nitrogen and oxygen atoms in total. The number of nitrogens with one attached hydrogen (secondary N) is 1. The largest absolute Gasteiger partial charge is 0.366 e. The van der Waals surface area contributed by atoms with Crippen molar-refractivity contribution in [3.05, 3.63) is 42.4 Å². The van der Waals surface area contributed by atoms with Crippen LogP contribution in [0.3, 0.4) is 0 Å². The van der Waals surface area contributed by atoms with E-state index in [0.717, 1.165) is 30.1 Å². The Morgan fingerprint density at radius 3 is 2.30 bits per heavy atom. The summed E-state index contributed by atoms with van der Waals surface area (Å²) in [4.78, 5) is 16.4. The van der Waals surface area contributed by atoms with Crippen molar-refractivity contribution in [2.24, 2.45) is 0 Å². The van der Waals surface area contributed by atoms with Crippen LogP contribution in [0.5, 0.6) is 0 Å². The molecule has 0 saturated carbocycles. The molecule has 0 spiro atoms. The highest BCUT2D eigenvalue weighted by molar-refractivity contribution is 5.59. The molecule has 216 valence electrons. The Morgan fingerprint density at radius 1 is 0.900 bits per heavy atom. The van der Waals surface area contributed by atoms with Crippen molar-refractivity contribution in [3.8, 4) is 17.6 Å². The number of nitriles is 1. The van der Waals surface area contributed by atoms with Crippen molar-refractivity contribution in [1.29, 1.82) is 5.26 Å². The second-order valence-electron chi connectivity index (χ2n) is 11.5. The number of hydrogen-bond acceptors (Lipinski definition) is 6. The van der Waals surface area contributed by atoms with Gasteiger partial charge in [-0.1, -0.05) is 90.4 Å². The fraction of sp³-hybridized carbons (Fsp3) is 0.636. The summed E-state index contributed by atoms with van der Waals surface area (Å²) < 4.78 is 1.89. The molecule has 0 aromatic carbocycles. The number of likely N-dealkylation sites (tertiary alicyclic amines) is 1. The lowest BCUT2D eigenvalue weighted by Crippen LogP contribution is -2.42. The molecule has 0 bridgehead atoms. The number of fused-ring (bicyclic) bond motifs is 1. The predicted octanol–water partition coefficient (Wildman–Crippen LogP) is 8.02. The van der Waals surface area contributed by atoms with Crippen LogP contribution in [-0.2, 0) is 0 Å². The molecule has 3 aromatic rings. The summed E-state index contributed by atoms with van der Waals surface area (Å²) in [5.41, 5.74) is 2.16. The van der Waals surface area contributed by atoms with E-state index in [1.165, 1.54) is 109 Å². The van der Waals surface area contributed by atoms with Crippen LogP contribution in [0, 0.1) is 11.3 Å². The number of imidazole rings is 1. The molecule has 1 aliphatic rings. The van der Waals surface area contributed by atoms with Gasteiger partial charge in [0.1, 0.15) is 23.2 Å². The van der Waals surface area contributed by atoms with E-state index in [-0.39, 0.29) is 0 Å². The first kappa shape index (κ1) is 30.0. The zero-order chi connectivity index (χ0) is 27.8. The summed E-state index contributed by atoms with van der Waals surface area (Å²) in [5, 5.41) is 12.9. The SMILES string of the molecule is CCCCCCCCCCCCCCCCN1CCC[C@@H](Nc2ccnc(-c3cnc4ccc(C#N)cn34)n2)C1. The molecule has 3 aromatic heterocycles. The Labute approximate surface area is 241 Å². The van der Waals surface area contributed by atoms with E-state index < -0.39 is 0 Å². The predicted molar refractivity (Wildman–Crippen MR) is 164 cm³/mol. The van der Waals surface area contributed by atoms with Crippen LogP contribution in [0.1, 0.15) is 115 Å². The Morgan fingerprint density at radius 2 is 1.60 bits per heavy atom. The Bertz CT molecular complexity index is 1180. The molecule has 0 unspecified atom stereocenters. The topological polar surface area (TPSA) is 82.1 Å². The fourth-order valence-electron chi connectivity index (χ4n) is 5.89. The average Bonchev–Trinajstić information content (AvgIpc) is 3.41. The minimum Gasteiger partial charge on any atom is -0.366 e. The smallest absolute Gasteiger partial charge is 0.180 e. The van der Waals surface area contributed by atoms with Crippen LogP contribution in [-0.4, -0.2) is 49.9 Å². The maximum atomic E-state index is 9.27. The molecule has 0 amide bonds. The van der Waals surface area contributed by atoms with Crippen LogP contribution in [0.25, 0.3) is 17.2 Å². The van der Waals surface area contributed by atoms with Gasteiger partial charge in [0, 0.05) is 25.0 Å². The van der Waals surface area contributed by atoms with Crippen molar-refractivity contribution in [2.75, 3.05) is 25.0 Å². The molecular weight excluding hydrogens is 494 g/mol. The number of hydrogen-bond donors (Lipinski definition) is 1. The highest BCUT2D eigenvalue weighted by Crippen LogP contribution is 2.21. The number of piperidine rings is 1. The minimum atomic E-state index is 0.399. The van der Waals surface area contributed by atoms with Gasteiger partial charge in [-0.3, -0.25) is 4.40 Å². The quantitative estimate of drug-likeness (QED) is 0.164. The number of aromatic nitrogens is 4. The van der Waals surface area contributed by atoms with Crippen molar-refractivity contribution >= 4 is 11.5 Å². The number of anilines is 1. The molecule has 1 atom stereocenters. The second-order valence-corrected chi connectivity index (χ2v) is 11.5. The summed E-state index contributed by atoms with van der Waals surface area (Å²) in [5.74, 6) is 1.46. The van der Waals surface area contributed by atoms with E-state index in [9.17, 15) is 5.26 Å². The molecule has 7 heteroatoms. The van der Waals surface area contributed by atoms with Crippen molar-refractivity contribution in [2.45, 2.75) is 116 Å². The maximum absolute atomic E-state index is 9.27. The summed E-state index contributed by atoms with van der Waals surface area (Å²) in [6, 6.07) is 8.16. The summed E-state index contributed by atoms with van der Waals surface area (Å²) in [7, 11) is 0. The van der Waals surface area contributed by atoms with Gasteiger partial charge in [0.2, 0.25) is 0 Å². The zero-order valence-electron chi connectivity index (χ0n) is 24.7. The standard InChI is InChI=1S/C33H49N7/c1-2-3-4-5-6-7-8-9-10-11-12-13-14-15-22-39-23-16-17-29(27-39)37-31-20-21-35-33(38-31)30-25-36-32-19-18-28(24-34)26-40(30)32/h18-21,25-26,29H,2-17,22-23,27H2,1H3,(H,35,37,38)/t29-/m1/s1. The van der Waals surface area contributed by atoms with E-state index in [1.54, 1.807) is 24.7 Å². The Kier molecular flexibility index (Phi) is 12.7. The minimum absolute atomic E-state index is 0.399. The lowest BCUT2D eigenvalue weighted by molar-refractivity contribution is 0.212. The zero-order valence-corrected chi connectivity index (χ0v) is 24.7. The molecule has 40 heavy (non-hydrogen) atoms. The van der Waals surface area contributed by atoms with Gasteiger partial charge in [0.25, 0.3) is 0 Å². The van der Waals surface area contributed by atoms with Gasteiger partial charge < -0.3 is 10.2 Å². The van der Waals surface area contributed by atoms with Crippen LogP contribution in [0.15, 0.2) is 36.8 Å². The first-order chi connectivity index (χ1) is 19.8. The molecule has 1 aliphatic heterocycles. The lowest BCUT2D eigenvalue weighted by atomic mass is 10.0. The molecule has 4 heterocycles. The Balaban J connectivity index is 1.11. The fourth-order valence-corrected chi connectivity index (χ4v) is 5.89. The van der Waals surface area contributed by atoms with Crippen LogP contribution in [0.4, 0.5) is 5.82 Å².